The second-order valence-corrected chi connectivity index (χ2v) is 6.70. The van der Waals surface area contributed by atoms with Gasteiger partial charge in [0.05, 0.1) is 10.6 Å². The summed E-state index contributed by atoms with van der Waals surface area (Å²) >= 11 is 4.74. The van der Waals surface area contributed by atoms with Crippen LogP contribution in [0.15, 0.2) is 22.7 Å². The summed E-state index contributed by atoms with van der Waals surface area (Å²) in [4.78, 5) is 1.13. The van der Waals surface area contributed by atoms with Crippen molar-refractivity contribution in [3.63, 3.8) is 0 Å². The quantitative estimate of drug-likeness (QED) is 0.876. The zero-order chi connectivity index (χ0) is 14.7. The van der Waals surface area contributed by atoms with Crippen LogP contribution >= 0.6 is 27.5 Å². The van der Waals surface area contributed by atoms with Gasteiger partial charge in [-0.25, -0.2) is 4.39 Å². The number of nitrogens with one attached hydrogen (secondary N) is 1. The lowest BCUT2D eigenvalue weighted by atomic mass is 10.0. The van der Waals surface area contributed by atoms with Crippen LogP contribution in [0.25, 0.3) is 0 Å². The number of hydrogen-bond donors (Lipinski definition) is 1. The van der Waals surface area contributed by atoms with Gasteiger partial charge in [-0.3, -0.25) is 0 Å². The number of rotatable bonds is 5. The Labute approximate surface area is 130 Å². The van der Waals surface area contributed by atoms with E-state index in [0.29, 0.717) is 12.3 Å². The Balaban J connectivity index is 2.26. The van der Waals surface area contributed by atoms with E-state index in [9.17, 15) is 4.39 Å². The molecule has 0 saturated heterocycles. The molecule has 2 aromatic rings. The minimum Gasteiger partial charge on any atom is -0.312 e. The maximum absolute atomic E-state index is 13.5. The molecule has 108 valence electrons. The molecule has 6 heteroatoms. The molecular formula is C14H17BrFN3S. The van der Waals surface area contributed by atoms with Gasteiger partial charge in [0, 0.05) is 10.5 Å². The predicted octanol–water partition coefficient (Wildman–Crippen LogP) is 4.07. The normalized spacial score (nSPS) is 12.9. The van der Waals surface area contributed by atoms with Crippen molar-refractivity contribution < 1.29 is 4.39 Å². The van der Waals surface area contributed by atoms with Crippen LogP contribution in [0, 0.1) is 5.82 Å². The van der Waals surface area contributed by atoms with Crippen LogP contribution in [0.4, 0.5) is 4.39 Å². The van der Waals surface area contributed by atoms with E-state index >= 15 is 0 Å². The molecule has 1 heterocycles. The van der Waals surface area contributed by atoms with Gasteiger partial charge in [-0.15, -0.1) is 5.10 Å². The highest BCUT2D eigenvalue weighted by molar-refractivity contribution is 9.10. The summed E-state index contributed by atoms with van der Waals surface area (Å²) in [5.41, 5.74) is 1.96. The maximum Gasteiger partial charge on any atom is 0.124 e. The first-order chi connectivity index (χ1) is 9.51. The Morgan fingerprint density at radius 3 is 2.70 bits per heavy atom. The molecule has 0 aliphatic heterocycles. The lowest BCUT2D eigenvalue weighted by Gasteiger charge is -2.16. The van der Waals surface area contributed by atoms with Gasteiger partial charge in [-0.05, 0) is 54.7 Å². The Morgan fingerprint density at radius 1 is 1.35 bits per heavy atom. The molecule has 0 amide bonds. The van der Waals surface area contributed by atoms with E-state index in [2.05, 4.69) is 44.7 Å². The van der Waals surface area contributed by atoms with Crippen LogP contribution in [0.1, 0.15) is 41.9 Å². The smallest absolute Gasteiger partial charge is 0.124 e. The summed E-state index contributed by atoms with van der Waals surface area (Å²) < 4.78 is 18.3. The number of benzene rings is 1. The van der Waals surface area contributed by atoms with Crippen LogP contribution in [0.2, 0.25) is 0 Å². The lowest BCUT2D eigenvalue weighted by molar-refractivity contribution is 0.582. The molecule has 1 unspecified atom stereocenters. The van der Waals surface area contributed by atoms with Crippen molar-refractivity contribution in [2.75, 3.05) is 7.05 Å². The van der Waals surface area contributed by atoms with Crippen LogP contribution < -0.4 is 5.32 Å². The molecule has 0 radical (unpaired) electrons. The largest absolute Gasteiger partial charge is 0.312 e. The summed E-state index contributed by atoms with van der Waals surface area (Å²) in [5.74, 6) is 0.106. The number of hydrogen-bond acceptors (Lipinski definition) is 4. The monoisotopic (exact) mass is 357 g/mol. The predicted molar refractivity (Wildman–Crippen MR) is 83.6 cm³/mol. The van der Waals surface area contributed by atoms with Crippen molar-refractivity contribution in [3.8, 4) is 0 Å². The van der Waals surface area contributed by atoms with E-state index in [1.807, 2.05) is 13.1 Å². The van der Waals surface area contributed by atoms with Gasteiger partial charge >= 0.3 is 0 Å². The zero-order valence-corrected chi connectivity index (χ0v) is 14.1. The molecule has 3 nitrogen and oxygen atoms in total. The van der Waals surface area contributed by atoms with E-state index in [0.717, 1.165) is 20.6 Å². The van der Waals surface area contributed by atoms with E-state index in [1.165, 1.54) is 17.6 Å². The number of halogens is 2. The standard InChI is InChI=1S/C14H17BrFN3S/c1-8(2)13-14(20-19-18-13)12(17-3)6-9-4-10(15)7-11(16)5-9/h4-5,7-8,12,17H,6H2,1-3H3. The number of likely N-dealkylation sites (N-methyl/N-ethyl adjacent to an activating group) is 1. The van der Waals surface area contributed by atoms with Gasteiger partial charge in [-0.2, -0.15) is 0 Å². The first-order valence-corrected chi connectivity index (χ1v) is 8.02. The Hall–Kier alpha value is -0.850. The van der Waals surface area contributed by atoms with Crippen LogP contribution in [0.5, 0.6) is 0 Å². The SMILES string of the molecule is CNC(Cc1cc(F)cc(Br)c1)c1snnc1C(C)C. The Kier molecular flexibility index (Phi) is 5.23. The topological polar surface area (TPSA) is 37.8 Å². The molecular weight excluding hydrogens is 341 g/mol. The first kappa shape index (κ1) is 15.5. The highest BCUT2D eigenvalue weighted by Crippen LogP contribution is 2.29. The zero-order valence-electron chi connectivity index (χ0n) is 11.7. The molecule has 0 aliphatic rings. The highest BCUT2D eigenvalue weighted by atomic mass is 79.9. The molecule has 0 fully saturated rings. The third-order valence-corrected chi connectivity index (χ3v) is 4.43. The molecule has 0 spiro atoms. The summed E-state index contributed by atoms with van der Waals surface area (Å²) in [6, 6.07) is 5.07. The molecule has 1 aromatic heterocycles. The van der Waals surface area contributed by atoms with Gasteiger partial charge in [0.25, 0.3) is 0 Å². The third kappa shape index (κ3) is 3.62. The fourth-order valence-corrected chi connectivity index (χ4v) is 3.56. The molecule has 1 N–H and O–H groups in total. The maximum atomic E-state index is 13.5. The first-order valence-electron chi connectivity index (χ1n) is 6.45. The fourth-order valence-electron chi connectivity index (χ4n) is 2.14. The minimum absolute atomic E-state index is 0.0982. The minimum atomic E-state index is -0.226. The van der Waals surface area contributed by atoms with Crippen molar-refractivity contribution >= 4 is 27.5 Å². The van der Waals surface area contributed by atoms with Crippen molar-refractivity contribution in [2.45, 2.75) is 32.2 Å². The van der Waals surface area contributed by atoms with Crippen LogP contribution in [0.3, 0.4) is 0 Å². The average molecular weight is 358 g/mol. The van der Waals surface area contributed by atoms with Crippen molar-refractivity contribution in [2.24, 2.45) is 0 Å². The number of nitrogens with zero attached hydrogens (tertiary/aromatic N) is 2. The summed E-state index contributed by atoms with van der Waals surface area (Å²) in [5, 5.41) is 7.49. The highest BCUT2D eigenvalue weighted by Gasteiger charge is 2.20. The average Bonchev–Trinajstić information content (AvgIpc) is 2.83. The van der Waals surface area contributed by atoms with E-state index in [4.69, 9.17) is 0 Å². The van der Waals surface area contributed by atoms with Gasteiger partial charge in [0.2, 0.25) is 0 Å². The summed E-state index contributed by atoms with van der Waals surface area (Å²) in [7, 11) is 1.91. The molecule has 0 bridgehead atoms. The van der Waals surface area contributed by atoms with Crippen LogP contribution in [-0.2, 0) is 6.42 Å². The molecule has 1 atom stereocenters. The molecule has 1 aromatic carbocycles. The third-order valence-electron chi connectivity index (χ3n) is 3.11. The van der Waals surface area contributed by atoms with Gasteiger partial charge in [0.1, 0.15) is 5.82 Å². The number of aromatic nitrogens is 2. The van der Waals surface area contributed by atoms with Gasteiger partial charge < -0.3 is 5.32 Å². The Morgan fingerprint density at radius 2 is 2.10 bits per heavy atom. The van der Waals surface area contributed by atoms with E-state index < -0.39 is 0 Å². The second-order valence-electron chi connectivity index (χ2n) is 5.00. The fraction of sp³-hybridized carbons (Fsp3) is 0.429. The van der Waals surface area contributed by atoms with Crippen LogP contribution in [-0.4, -0.2) is 16.6 Å². The molecule has 2 rings (SSSR count). The van der Waals surface area contributed by atoms with Crippen molar-refractivity contribution in [1.29, 1.82) is 0 Å². The molecule has 0 aliphatic carbocycles. The summed E-state index contributed by atoms with van der Waals surface area (Å²) in [6.07, 6.45) is 0.705. The molecule has 0 saturated carbocycles. The summed E-state index contributed by atoms with van der Waals surface area (Å²) in [6.45, 7) is 4.21. The Bertz CT molecular complexity index is 565. The van der Waals surface area contributed by atoms with Gasteiger partial charge in [0.15, 0.2) is 0 Å². The van der Waals surface area contributed by atoms with Crippen molar-refractivity contribution in [3.05, 3.63) is 44.6 Å². The van der Waals surface area contributed by atoms with Crippen molar-refractivity contribution in [1.82, 2.24) is 14.9 Å². The molecule has 20 heavy (non-hydrogen) atoms. The van der Waals surface area contributed by atoms with E-state index in [1.54, 1.807) is 6.07 Å². The lowest BCUT2D eigenvalue weighted by Crippen LogP contribution is -2.19. The van der Waals surface area contributed by atoms with E-state index in [-0.39, 0.29) is 11.9 Å². The second kappa shape index (κ2) is 6.74. The van der Waals surface area contributed by atoms with Gasteiger partial charge in [-0.1, -0.05) is 34.3 Å².